The Hall–Kier alpha value is -3.50. The van der Waals surface area contributed by atoms with E-state index in [-0.39, 0.29) is 26.2 Å². The third kappa shape index (κ3) is 9.54. The monoisotopic (exact) mass is 705 g/mol. The summed E-state index contributed by atoms with van der Waals surface area (Å²) in [6.07, 6.45) is -10.6. The zero-order valence-electron chi connectivity index (χ0n) is 25.9. The largest absolute Gasteiger partial charge is 0.493 e. The highest BCUT2D eigenvalue weighted by atomic mass is 32.2. The number of rotatable bonds is 11. The molecule has 1 aliphatic heterocycles. The molecule has 4 rings (SSSR count). The lowest BCUT2D eigenvalue weighted by Crippen LogP contribution is -2.49. The number of ether oxygens (including phenoxy) is 2. The Morgan fingerprint density at radius 3 is 2.19 bits per heavy atom. The smallest absolute Gasteiger partial charge is 0.416 e. The normalized spacial score (nSPS) is 14.7. The summed E-state index contributed by atoms with van der Waals surface area (Å²) in [5.41, 5.74) is 1.00. The van der Waals surface area contributed by atoms with Crippen LogP contribution < -0.4 is 9.47 Å². The van der Waals surface area contributed by atoms with Gasteiger partial charge in [-0.15, -0.1) is 23.1 Å². The summed E-state index contributed by atoms with van der Waals surface area (Å²) in [6.45, 7) is 6.10. The van der Waals surface area contributed by atoms with Crippen molar-refractivity contribution in [3.8, 4) is 22.1 Å². The molecule has 0 bridgehead atoms. The second-order valence-electron chi connectivity index (χ2n) is 11.4. The Morgan fingerprint density at radius 1 is 1.00 bits per heavy atom. The van der Waals surface area contributed by atoms with Crippen molar-refractivity contribution in [1.29, 1.82) is 0 Å². The molecule has 1 saturated heterocycles. The third-order valence-electron chi connectivity index (χ3n) is 7.39. The van der Waals surface area contributed by atoms with Gasteiger partial charge in [0.05, 0.1) is 23.2 Å². The van der Waals surface area contributed by atoms with Gasteiger partial charge in [-0.3, -0.25) is 14.5 Å². The Kier molecular flexibility index (Phi) is 11.1. The molecule has 47 heavy (non-hydrogen) atoms. The van der Waals surface area contributed by atoms with Gasteiger partial charge < -0.3 is 19.5 Å². The van der Waals surface area contributed by atoms with Crippen molar-refractivity contribution in [2.24, 2.45) is 0 Å². The summed E-state index contributed by atoms with van der Waals surface area (Å²) in [5, 5.41) is 10.0. The van der Waals surface area contributed by atoms with E-state index in [0.29, 0.717) is 50.6 Å². The van der Waals surface area contributed by atoms with E-state index >= 15 is 0 Å². The number of alkyl halides is 6. The zero-order valence-corrected chi connectivity index (χ0v) is 27.6. The van der Waals surface area contributed by atoms with Crippen molar-refractivity contribution in [2.75, 3.05) is 33.3 Å². The van der Waals surface area contributed by atoms with E-state index < -0.39 is 41.0 Å². The number of aliphatic carboxylic acids is 1. The maximum absolute atomic E-state index is 13.1. The van der Waals surface area contributed by atoms with Crippen LogP contribution in [-0.2, 0) is 28.9 Å². The molecule has 16 heteroatoms. The molecule has 2 aromatic carbocycles. The van der Waals surface area contributed by atoms with Crippen LogP contribution in [0.15, 0.2) is 41.3 Å². The van der Waals surface area contributed by atoms with Gasteiger partial charge in [0.25, 0.3) is 0 Å². The summed E-state index contributed by atoms with van der Waals surface area (Å²) >= 11 is 2.40. The van der Waals surface area contributed by atoms with Gasteiger partial charge >= 0.3 is 18.3 Å². The lowest BCUT2D eigenvalue weighted by molar-refractivity contribution is -0.162. The SMILES string of the molecule is COc1cc(SC(C)(C)C(=O)O)c(C)cc1OCc1sc(-c2ccc(C(F)(F)F)cc2)nc1CN1CCN(C(=O)CC(F)(F)F)CC1. The lowest BCUT2D eigenvalue weighted by atomic mass is 10.1. The van der Waals surface area contributed by atoms with E-state index in [1.54, 1.807) is 26.0 Å². The molecule has 0 spiro atoms. The van der Waals surface area contributed by atoms with Gasteiger partial charge in [-0.2, -0.15) is 26.3 Å². The number of hydrogen-bond acceptors (Lipinski definition) is 8. The number of hydrogen-bond donors (Lipinski definition) is 1. The summed E-state index contributed by atoms with van der Waals surface area (Å²) in [6, 6.07) is 8.05. The van der Waals surface area contributed by atoms with Crippen LogP contribution in [0.4, 0.5) is 26.3 Å². The van der Waals surface area contributed by atoms with Crippen molar-refractivity contribution in [3.05, 3.63) is 58.1 Å². The first-order valence-corrected chi connectivity index (χ1v) is 16.0. The van der Waals surface area contributed by atoms with Crippen LogP contribution in [0.2, 0.25) is 0 Å². The Bertz CT molecular complexity index is 1580. The van der Waals surface area contributed by atoms with Gasteiger partial charge in [0, 0.05) is 43.2 Å². The minimum Gasteiger partial charge on any atom is -0.493 e. The fourth-order valence-corrected chi connectivity index (χ4v) is 6.69. The Labute approximate surface area is 275 Å². The van der Waals surface area contributed by atoms with Crippen LogP contribution in [0.25, 0.3) is 10.6 Å². The van der Waals surface area contributed by atoms with Gasteiger partial charge in [-0.1, -0.05) is 12.1 Å². The highest BCUT2D eigenvalue weighted by molar-refractivity contribution is 8.01. The summed E-state index contributed by atoms with van der Waals surface area (Å²) in [5.74, 6) is -1.20. The standard InChI is InChI=1S/C31H33F6N3O5S2/c1-18-13-23(22(44-4)14-24(18)47-29(2,3)28(42)43)45-17-25-21(16-39-9-11-40(12-10-39)26(41)15-30(32,33)34)38-27(46-25)19-5-7-20(8-6-19)31(35,36)37/h5-8,13-14H,9-12,15-17H2,1-4H3,(H,42,43). The van der Waals surface area contributed by atoms with Gasteiger partial charge in [-0.05, 0) is 50.6 Å². The Balaban J connectivity index is 1.56. The first-order chi connectivity index (χ1) is 21.9. The predicted molar refractivity (Wildman–Crippen MR) is 165 cm³/mol. The summed E-state index contributed by atoms with van der Waals surface area (Å²) in [7, 11) is 1.45. The fraction of sp³-hybridized carbons (Fsp3) is 0.452. The van der Waals surface area contributed by atoms with Gasteiger partial charge in [-0.25, -0.2) is 4.98 Å². The highest BCUT2D eigenvalue weighted by Gasteiger charge is 2.35. The summed E-state index contributed by atoms with van der Waals surface area (Å²) in [4.78, 5) is 32.9. The molecule has 0 radical (unpaired) electrons. The summed E-state index contributed by atoms with van der Waals surface area (Å²) < 4.78 is 88.2. The minimum atomic E-state index is -4.59. The maximum Gasteiger partial charge on any atom is 0.416 e. The van der Waals surface area contributed by atoms with E-state index in [0.717, 1.165) is 29.5 Å². The van der Waals surface area contributed by atoms with Crippen molar-refractivity contribution in [3.63, 3.8) is 0 Å². The fourth-order valence-electron chi connectivity index (χ4n) is 4.68. The number of carbonyl (C=O) groups excluding carboxylic acids is 1. The van der Waals surface area contributed by atoms with Gasteiger partial charge in [0.1, 0.15) is 22.8 Å². The average molecular weight is 706 g/mol. The number of nitrogens with zero attached hydrogens (tertiary/aromatic N) is 3. The number of halogens is 6. The van der Waals surface area contributed by atoms with Crippen LogP contribution in [0.5, 0.6) is 11.5 Å². The van der Waals surface area contributed by atoms with E-state index in [2.05, 4.69) is 0 Å². The van der Waals surface area contributed by atoms with Crippen molar-refractivity contribution < 1.29 is 50.5 Å². The number of amides is 1. The first kappa shape index (κ1) is 36.3. The average Bonchev–Trinajstić information content (AvgIpc) is 3.38. The molecule has 1 N–H and O–H groups in total. The number of methoxy groups -OCH3 is 1. The molecule has 0 unspecified atom stereocenters. The predicted octanol–water partition coefficient (Wildman–Crippen LogP) is 7.28. The maximum atomic E-state index is 13.1. The van der Waals surface area contributed by atoms with Crippen LogP contribution in [0.3, 0.4) is 0 Å². The van der Waals surface area contributed by atoms with E-state index in [1.807, 2.05) is 11.8 Å². The quantitative estimate of drug-likeness (QED) is 0.165. The molecule has 0 atom stereocenters. The van der Waals surface area contributed by atoms with Crippen molar-refractivity contribution >= 4 is 35.0 Å². The number of carbonyl (C=O) groups is 2. The minimum absolute atomic E-state index is 0.0145. The third-order valence-corrected chi connectivity index (χ3v) is 9.85. The second-order valence-corrected chi connectivity index (χ2v) is 14.1. The number of piperazine rings is 1. The number of carboxylic acids is 1. The highest BCUT2D eigenvalue weighted by Crippen LogP contribution is 2.41. The molecule has 1 amide bonds. The lowest BCUT2D eigenvalue weighted by Gasteiger charge is -2.34. The van der Waals surface area contributed by atoms with Gasteiger partial charge in [0.15, 0.2) is 11.5 Å². The van der Waals surface area contributed by atoms with Crippen molar-refractivity contribution in [2.45, 2.75) is 62.3 Å². The van der Waals surface area contributed by atoms with Crippen LogP contribution in [0, 0.1) is 6.92 Å². The number of aryl methyl sites for hydroxylation is 1. The molecule has 1 fully saturated rings. The van der Waals surface area contributed by atoms with E-state index in [9.17, 15) is 41.0 Å². The second kappa shape index (κ2) is 14.3. The van der Waals surface area contributed by atoms with E-state index in [4.69, 9.17) is 14.5 Å². The van der Waals surface area contributed by atoms with E-state index in [1.165, 1.54) is 35.5 Å². The number of thioether (sulfide) groups is 1. The molecule has 1 aliphatic rings. The number of thiazole rings is 1. The van der Waals surface area contributed by atoms with Crippen LogP contribution in [-0.4, -0.2) is 76.0 Å². The van der Waals surface area contributed by atoms with Crippen molar-refractivity contribution in [1.82, 2.24) is 14.8 Å². The first-order valence-electron chi connectivity index (χ1n) is 14.3. The number of aromatic nitrogens is 1. The molecular formula is C31H33F6N3O5S2. The molecule has 3 aromatic rings. The molecular weight excluding hydrogens is 672 g/mol. The molecule has 8 nitrogen and oxygen atoms in total. The molecule has 0 aliphatic carbocycles. The molecule has 256 valence electrons. The zero-order chi connectivity index (χ0) is 34.7. The topological polar surface area (TPSA) is 92.2 Å². The van der Waals surface area contributed by atoms with Crippen LogP contribution >= 0.6 is 23.1 Å². The molecule has 1 aromatic heterocycles. The molecule has 2 heterocycles. The Morgan fingerprint density at radius 2 is 1.64 bits per heavy atom. The van der Waals surface area contributed by atoms with Crippen LogP contribution in [0.1, 0.15) is 42.0 Å². The van der Waals surface area contributed by atoms with Gasteiger partial charge in [0.2, 0.25) is 5.91 Å². The molecule has 0 saturated carbocycles. The number of benzene rings is 2. The number of carboxylic acid groups (broad SMARTS) is 1.